The van der Waals surface area contributed by atoms with E-state index in [1.165, 1.54) is 10.7 Å². The van der Waals surface area contributed by atoms with E-state index in [0.717, 1.165) is 18.2 Å². The lowest BCUT2D eigenvalue weighted by Gasteiger charge is -2.02. The number of benzene rings is 1. The number of hydrogen-bond donors (Lipinski definition) is 0. The number of ketones is 1. The number of nitrogens with zero attached hydrogens (tertiary/aromatic N) is 4. The van der Waals surface area contributed by atoms with Crippen LogP contribution in [0.2, 0.25) is 0 Å². The highest BCUT2D eigenvalue weighted by atomic mass is 19.2. The van der Waals surface area contributed by atoms with Crippen molar-refractivity contribution in [2.45, 2.75) is 6.92 Å². The summed E-state index contributed by atoms with van der Waals surface area (Å²) in [6, 6.07) is 4.35. The number of esters is 1. The fourth-order valence-electron chi connectivity index (χ4n) is 1.94. The minimum absolute atomic E-state index is 0.109. The fourth-order valence-corrected chi connectivity index (χ4v) is 1.94. The molecule has 2 aromatic heterocycles. The lowest BCUT2D eigenvalue weighted by Crippen LogP contribution is -2.15. The Labute approximate surface area is 133 Å². The predicted octanol–water partition coefficient (Wildman–Crippen LogP) is 1.75. The van der Waals surface area contributed by atoms with E-state index in [1.54, 1.807) is 13.0 Å². The molecule has 0 aliphatic heterocycles. The van der Waals surface area contributed by atoms with E-state index in [-0.39, 0.29) is 17.2 Å². The van der Waals surface area contributed by atoms with E-state index >= 15 is 0 Å². The molecule has 1 aromatic carbocycles. The molecule has 0 saturated heterocycles. The number of hydrogen-bond acceptors (Lipinski definition) is 6. The van der Waals surface area contributed by atoms with Crippen molar-refractivity contribution in [1.82, 2.24) is 19.6 Å². The maximum atomic E-state index is 13.1. The van der Waals surface area contributed by atoms with Gasteiger partial charge in [0.05, 0.1) is 0 Å². The molecule has 0 aliphatic carbocycles. The van der Waals surface area contributed by atoms with Gasteiger partial charge in [-0.1, -0.05) is 0 Å². The van der Waals surface area contributed by atoms with Crippen molar-refractivity contribution in [3.63, 3.8) is 0 Å². The van der Waals surface area contributed by atoms with Gasteiger partial charge in [0, 0.05) is 17.5 Å². The summed E-state index contributed by atoms with van der Waals surface area (Å²) in [6.45, 7) is 1.11. The van der Waals surface area contributed by atoms with E-state index < -0.39 is 30.0 Å². The molecule has 9 heteroatoms. The highest BCUT2D eigenvalue weighted by Crippen LogP contribution is 2.10. The van der Waals surface area contributed by atoms with Crippen molar-refractivity contribution >= 4 is 17.5 Å². The van der Waals surface area contributed by atoms with Gasteiger partial charge in [0.2, 0.25) is 0 Å². The Morgan fingerprint density at radius 3 is 2.71 bits per heavy atom. The molecule has 0 saturated carbocycles. The second-order valence-corrected chi connectivity index (χ2v) is 4.86. The van der Waals surface area contributed by atoms with Gasteiger partial charge in [-0.3, -0.25) is 4.79 Å². The van der Waals surface area contributed by atoms with Gasteiger partial charge < -0.3 is 4.74 Å². The average Bonchev–Trinajstić information content (AvgIpc) is 3.00. The predicted molar refractivity (Wildman–Crippen MR) is 76.5 cm³/mol. The third-order valence-corrected chi connectivity index (χ3v) is 3.19. The van der Waals surface area contributed by atoms with Crippen LogP contribution in [-0.2, 0) is 4.74 Å². The van der Waals surface area contributed by atoms with Crippen LogP contribution in [0.3, 0.4) is 0 Å². The van der Waals surface area contributed by atoms with Crippen molar-refractivity contribution in [2.75, 3.05) is 6.61 Å². The summed E-state index contributed by atoms with van der Waals surface area (Å²) in [4.78, 5) is 31.6. The monoisotopic (exact) mass is 332 g/mol. The summed E-state index contributed by atoms with van der Waals surface area (Å²) in [5.74, 6) is -3.86. The zero-order chi connectivity index (χ0) is 17.3. The smallest absolute Gasteiger partial charge is 0.378 e. The topological polar surface area (TPSA) is 86.5 Å². The van der Waals surface area contributed by atoms with Crippen LogP contribution in [0.25, 0.3) is 5.78 Å². The van der Waals surface area contributed by atoms with Crippen molar-refractivity contribution in [3.8, 4) is 0 Å². The maximum absolute atomic E-state index is 13.1. The van der Waals surface area contributed by atoms with Gasteiger partial charge >= 0.3 is 5.97 Å². The zero-order valence-electron chi connectivity index (χ0n) is 12.4. The number of carbonyl (C=O) groups is 2. The van der Waals surface area contributed by atoms with E-state index in [1.807, 2.05) is 0 Å². The standard InChI is InChI=1S/C15H10F2N4O3/c1-8-4-5-18-15-19-13(20-21(8)15)14(23)24-7-12(22)9-2-3-10(16)11(17)6-9/h2-6H,7H2,1H3. The van der Waals surface area contributed by atoms with Crippen LogP contribution in [0.4, 0.5) is 8.78 Å². The first kappa shape index (κ1) is 15.7. The van der Waals surface area contributed by atoms with Crippen molar-refractivity contribution in [2.24, 2.45) is 0 Å². The van der Waals surface area contributed by atoms with Gasteiger partial charge in [0.25, 0.3) is 11.6 Å². The highest BCUT2D eigenvalue weighted by molar-refractivity contribution is 5.98. The molecule has 0 spiro atoms. The van der Waals surface area contributed by atoms with Crippen LogP contribution in [0.5, 0.6) is 0 Å². The molecular weight excluding hydrogens is 322 g/mol. The number of rotatable bonds is 4. The molecule has 0 unspecified atom stereocenters. The van der Waals surface area contributed by atoms with Gasteiger partial charge in [-0.25, -0.2) is 23.1 Å². The van der Waals surface area contributed by atoms with Crippen LogP contribution < -0.4 is 0 Å². The van der Waals surface area contributed by atoms with Gasteiger partial charge in [-0.2, -0.15) is 4.98 Å². The Morgan fingerprint density at radius 2 is 2.00 bits per heavy atom. The molecule has 0 aliphatic rings. The second kappa shape index (κ2) is 6.11. The first-order valence-corrected chi connectivity index (χ1v) is 6.79. The first-order chi connectivity index (χ1) is 11.5. The van der Waals surface area contributed by atoms with Crippen LogP contribution in [0, 0.1) is 18.6 Å². The quantitative estimate of drug-likeness (QED) is 0.534. The van der Waals surface area contributed by atoms with Crippen molar-refractivity contribution < 1.29 is 23.1 Å². The molecule has 0 radical (unpaired) electrons. The Bertz CT molecular complexity index is 955. The minimum Gasteiger partial charge on any atom is -0.451 e. The summed E-state index contributed by atoms with van der Waals surface area (Å²) in [5, 5.41) is 3.94. The summed E-state index contributed by atoms with van der Waals surface area (Å²) in [7, 11) is 0. The Hall–Kier alpha value is -3.23. The first-order valence-electron chi connectivity index (χ1n) is 6.79. The van der Waals surface area contributed by atoms with Crippen LogP contribution in [0.15, 0.2) is 30.5 Å². The Balaban J connectivity index is 1.71. The largest absolute Gasteiger partial charge is 0.451 e. The van der Waals surface area contributed by atoms with Gasteiger partial charge in [0.15, 0.2) is 24.0 Å². The highest BCUT2D eigenvalue weighted by Gasteiger charge is 2.18. The van der Waals surface area contributed by atoms with E-state index in [4.69, 9.17) is 4.74 Å². The average molecular weight is 332 g/mol. The maximum Gasteiger partial charge on any atom is 0.378 e. The molecule has 0 N–H and O–H groups in total. The third kappa shape index (κ3) is 2.96. The molecule has 0 atom stereocenters. The molecule has 24 heavy (non-hydrogen) atoms. The normalized spacial score (nSPS) is 10.8. The van der Waals surface area contributed by atoms with E-state index in [9.17, 15) is 18.4 Å². The molecular formula is C15H10F2N4O3. The number of halogens is 2. The molecule has 0 amide bonds. The Kier molecular flexibility index (Phi) is 3.98. The lowest BCUT2D eigenvalue weighted by atomic mass is 10.1. The summed E-state index contributed by atoms with van der Waals surface area (Å²) < 4.78 is 32.1. The number of carbonyl (C=O) groups excluding carboxylic acids is 2. The molecule has 122 valence electrons. The molecule has 3 rings (SSSR count). The SMILES string of the molecule is Cc1ccnc2nc(C(=O)OCC(=O)c3ccc(F)c(F)c3)nn12. The van der Waals surface area contributed by atoms with Crippen LogP contribution in [-0.4, -0.2) is 37.9 Å². The number of aryl methyl sites for hydroxylation is 1. The van der Waals surface area contributed by atoms with Crippen LogP contribution >= 0.6 is 0 Å². The fraction of sp³-hybridized carbons (Fsp3) is 0.133. The molecule has 3 aromatic rings. The number of aromatic nitrogens is 4. The van der Waals surface area contributed by atoms with Gasteiger partial charge in [0.1, 0.15) is 0 Å². The lowest BCUT2D eigenvalue weighted by molar-refractivity contribution is 0.0463. The zero-order valence-corrected chi connectivity index (χ0v) is 12.4. The minimum atomic E-state index is -1.16. The number of ether oxygens (including phenoxy) is 1. The van der Waals surface area contributed by atoms with E-state index in [2.05, 4.69) is 15.1 Å². The summed E-state index contributed by atoms with van der Waals surface area (Å²) >= 11 is 0. The number of fused-ring (bicyclic) bond motifs is 1. The molecule has 0 bridgehead atoms. The Morgan fingerprint density at radius 1 is 1.21 bits per heavy atom. The molecule has 7 nitrogen and oxygen atoms in total. The van der Waals surface area contributed by atoms with Crippen molar-refractivity contribution in [1.29, 1.82) is 0 Å². The van der Waals surface area contributed by atoms with Crippen LogP contribution in [0.1, 0.15) is 26.7 Å². The van der Waals surface area contributed by atoms with E-state index in [0.29, 0.717) is 5.69 Å². The van der Waals surface area contributed by atoms with Gasteiger partial charge in [-0.05, 0) is 31.2 Å². The molecule has 0 fully saturated rings. The third-order valence-electron chi connectivity index (χ3n) is 3.19. The number of Topliss-reactive ketones (excluding diaryl/α,β-unsaturated/α-hetero) is 1. The second-order valence-electron chi connectivity index (χ2n) is 4.86. The van der Waals surface area contributed by atoms with Gasteiger partial charge in [-0.15, -0.1) is 5.10 Å². The summed E-state index contributed by atoms with van der Waals surface area (Å²) in [5.41, 5.74) is 0.603. The van der Waals surface area contributed by atoms with Crippen molar-refractivity contribution in [3.05, 3.63) is 59.2 Å². The summed E-state index contributed by atoms with van der Waals surface area (Å²) in [6.07, 6.45) is 1.51. The molecule has 2 heterocycles.